The van der Waals surface area contributed by atoms with Gasteiger partial charge in [-0.2, -0.15) is 0 Å². The Kier molecular flexibility index (Phi) is 5.82. The third-order valence-corrected chi connectivity index (χ3v) is 4.34. The minimum Gasteiger partial charge on any atom is -0.493 e. The van der Waals surface area contributed by atoms with Crippen LogP contribution in [0.2, 0.25) is 0 Å². The van der Waals surface area contributed by atoms with E-state index in [-0.39, 0.29) is 5.57 Å². The van der Waals surface area contributed by atoms with Crippen molar-refractivity contribution in [1.29, 1.82) is 0 Å². The summed E-state index contributed by atoms with van der Waals surface area (Å²) in [4.78, 5) is 38.6. The molecule has 0 aliphatic carbocycles. The van der Waals surface area contributed by atoms with Crippen LogP contribution < -0.4 is 15.0 Å². The third kappa shape index (κ3) is 4.71. The number of ether oxygens (including phenoxy) is 1. The Morgan fingerprint density at radius 3 is 2.21 bits per heavy atom. The van der Waals surface area contributed by atoms with E-state index in [0.717, 1.165) is 16.0 Å². The number of benzene rings is 2. The van der Waals surface area contributed by atoms with E-state index in [1.807, 2.05) is 19.9 Å². The quantitative estimate of drug-likeness (QED) is 0.616. The van der Waals surface area contributed by atoms with Crippen LogP contribution in [-0.4, -0.2) is 24.5 Å². The fraction of sp³-hybridized carbons (Fsp3) is 0.261. The van der Waals surface area contributed by atoms with E-state index < -0.39 is 17.8 Å². The van der Waals surface area contributed by atoms with Crippen LogP contribution in [-0.2, 0) is 9.59 Å². The summed E-state index contributed by atoms with van der Waals surface area (Å²) in [6.07, 6.45) is 1.48. The number of urea groups is 1. The van der Waals surface area contributed by atoms with Crippen LogP contribution in [0.3, 0.4) is 0 Å². The zero-order valence-electron chi connectivity index (χ0n) is 17.0. The number of aryl methyl sites for hydroxylation is 2. The minimum atomic E-state index is -0.750. The number of carbonyl (C=O) groups excluding carboxylic acids is 3. The number of imide groups is 2. The van der Waals surface area contributed by atoms with Gasteiger partial charge in [0.25, 0.3) is 11.8 Å². The molecule has 0 unspecified atom stereocenters. The van der Waals surface area contributed by atoms with E-state index in [1.54, 1.807) is 36.4 Å². The fourth-order valence-electron chi connectivity index (χ4n) is 3.06. The first-order valence-corrected chi connectivity index (χ1v) is 9.47. The van der Waals surface area contributed by atoms with E-state index in [0.29, 0.717) is 29.5 Å². The number of rotatable bonds is 5. The van der Waals surface area contributed by atoms with Gasteiger partial charge in [-0.25, -0.2) is 9.69 Å². The molecule has 1 N–H and O–H groups in total. The van der Waals surface area contributed by atoms with Crippen LogP contribution in [0.4, 0.5) is 10.5 Å². The smallest absolute Gasteiger partial charge is 0.335 e. The molecule has 0 bridgehead atoms. The van der Waals surface area contributed by atoms with Gasteiger partial charge in [0.15, 0.2) is 0 Å². The van der Waals surface area contributed by atoms with Crippen molar-refractivity contribution in [3.8, 4) is 5.75 Å². The monoisotopic (exact) mass is 392 g/mol. The van der Waals surface area contributed by atoms with E-state index in [2.05, 4.69) is 19.2 Å². The molecule has 1 aliphatic heterocycles. The standard InChI is InChI=1S/C23H24N2O4/c1-14(2)13-29-19-7-5-17(6-8-19)12-20-21(26)24-23(28)25(22(20)27)18-10-15(3)9-16(4)11-18/h5-12,14H,13H2,1-4H3,(H,24,26,28)/b20-12+. The second kappa shape index (κ2) is 8.31. The largest absolute Gasteiger partial charge is 0.493 e. The molecule has 1 fully saturated rings. The lowest BCUT2D eigenvalue weighted by Gasteiger charge is -2.27. The molecular weight excluding hydrogens is 368 g/mol. The van der Waals surface area contributed by atoms with Crippen LogP contribution in [0, 0.1) is 19.8 Å². The normalized spacial score (nSPS) is 15.8. The SMILES string of the molecule is Cc1cc(C)cc(N2C(=O)NC(=O)/C(=C\c3ccc(OCC(C)C)cc3)C2=O)c1. The molecule has 4 amide bonds. The summed E-state index contributed by atoms with van der Waals surface area (Å²) in [6.45, 7) is 8.50. The van der Waals surface area contributed by atoms with Gasteiger partial charge in [0.1, 0.15) is 11.3 Å². The van der Waals surface area contributed by atoms with Gasteiger partial charge < -0.3 is 4.74 Å². The molecular formula is C23H24N2O4. The molecule has 1 aliphatic rings. The molecule has 0 atom stereocenters. The van der Waals surface area contributed by atoms with E-state index in [4.69, 9.17) is 4.74 Å². The lowest BCUT2D eigenvalue weighted by Crippen LogP contribution is -2.54. The predicted octanol–water partition coefficient (Wildman–Crippen LogP) is 4.00. The second-order valence-corrected chi connectivity index (χ2v) is 7.58. The van der Waals surface area contributed by atoms with Crippen LogP contribution in [0.5, 0.6) is 5.75 Å². The highest BCUT2D eigenvalue weighted by atomic mass is 16.5. The molecule has 6 heteroatoms. The third-order valence-electron chi connectivity index (χ3n) is 4.34. The van der Waals surface area contributed by atoms with Crippen LogP contribution in [0.15, 0.2) is 48.0 Å². The van der Waals surface area contributed by atoms with Gasteiger partial charge >= 0.3 is 6.03 Å². The lowest BCUT2D eigenvalue weighted by molar-refractivity contribution is -0.122. The van der Waals surface area contributed by atoms with Gasteiger partial charge in [-0.1, -0.05) is 32.0 Å². The summed E-state index contributed by atoms with van der Waals surface area (Å²) in [5.74, 6) is -0.230. The number of nitrogens with one attached hydrogen (secondary N) is 1. The van der Waals surface area contributed by atoms with Crippen LogP contribution in [0.25, 0.3) is 6.08 Å². The van der Waals surface area contributed by atoms with Crippen molar-refractivity contribution in [3.63, 3.8) is 0 Å². The van der Waals surface area contributed by atoms with Crippen molar-refractivity contribution >= 4 is 29.6 Å². The topological polar surface area (TPSA) is 75.7 Å². The van der Waals surface area contributed by atoms with Crippen molar-refractivity contribution in [2.75, 3.05) is 11.5 Å². The average Bonchev–Trinajstić information content (AvgIpc) is 2.63. The molecule has 6 nitrogen and oxygen atoms in total. The molecule has 0 radical (unpaired) electrons. The summed E-state index contributed by atoms with van der Waals surface area (Å²) in [5, 5.41) is 2.25. The molecule has 0 saturated carbocycles. The molecule has 1 heterocycles. The zero-order chi connectivity index (χ0) is 21.1. The van der Waals surface area contributed by atoms with Gasteiger partial charge in [0.05, 0.1) is 12.3 Å². The molecule has 150 valence electrons. The second-order valence-electron chi connectivity index (χ2n) is 7.58. The van der Waals surface area contributed by atoms with Crippen molar-refractivity contribution < 1.29 is 19.1 Å². The Bertz CT molecular complexity index is 970. The van der Waals surface area contributed by atoms with Crippen molar-refractivity contribution in [2.24, 2.45) is 5.92 Å². The van der Waals surface area contributed by atoms with Crippen molar-refractivity contribution in [3.05, 3.63) is 64.7 Å². The van der Waals surface area contributed by atoms with Gasteiger partial charge in [-0.05, 0) is 66.8 Å². The summed E-state index contributed by atoms with van der Waals surface area (Å²) >= 11 is 0. The molecule has 29 heavy (non-hydrogen) atoms. The number of hydrogen-bond acceptors (Lipinski definition) is 4. The molecule has 2 aromatic carbocycles. The number of hydrogen-bond donors (Lipinski definition) is 1. The Morgan fingerprint density at radius 1 is 1.00 bits per heavy atom. The maximum atomic E-state index is 13.0. The molecule has 3 rings (SSSR count). The number of amides is 4. The van der Waals surface area contributed by atoms with Gasteiger partial charge in [0.2, 0.25) is 0 Å². The highest BCUT2D eigenvalue weighted by Gasteiger charge is 2.36. The first-order chi connectivity index (χ1) is 13.7. The number of nitrogens with zero attached hydrogens (tertiary/aromatic N) is 1. The van der Waals surface area contributed by atoms with E-state index >= 15 is 0 Å². The van der Waals surface area contributed by atoms with Crippen molar-refractivity contribution in [2.45, 2.75) is 27.7 Å². The highest BCUT2D eigenvalue weighted by molar-refractivity contribution is 6.39. The van der Waals surface area contributed by atoms with Crippen LogP contribution in [0.1, 0.15) is 30.5 Å². The Morgan fingerprint density at radius 2 is 1.62 bits per heavy atom. The maximum Gasteiger partial charge on any atom is 0.335 e. The average molecular weight is 392 g/mol. The summed E-state index contributed by atoms with van der Waals surface area (Å²) in [5.41, 5.74) is 2.83. The minimum absolute atomic E-state index is 0.0976. The van der Waals surface area contributed by atoms with E-state index in [1.165, 1.54) is 6.08 Å². The molecule has 1 saturated heterocycles. The number of barbiturate groups is 1. The Balaban J connectivity index is 1.89. The van der Waals surface area contributed by atoms with E-state index in [9.17, 15) is 14.4 Å². The van der Waals surface area contributed by atoms with Gasteiger partial charge in [-0.3, -0.25) is 14.9 Å². The van der Waals surface area contributed by atoms with Crippen LogP contribution >= 0.6 is 0 Å². The first kappa shape index (κ1) is 20.3. The van der Waals surface area contributed by atoms with Gasteiger partial charge in [-0.15, -0.1) is 0 Å². The van der Waals surface area contributed by atoms with Crippen molar-refractivity contribution in [1.82, 2.24) is 5.32 Å². The molecule has 0 spiro atoms. The highest BCUT2D eigenvalue weighted by Crippen LogP contribution is 2.24. The Labute approximate surface area is 170 Å². The fourth-order valence-corrected chi connectivity index (χ4v) is 3.06. The summed E-state index contributed by atoms with van der Waals surface area (Å²) in [6, 6.07) is 11.8. The zero-order valence-corrected chi connectivity index (χ0v) is 17.0. The first-order valence-electron chi connectivity index (χ1n) is 9.47. The maximum absolute atomic E-state index is 13.0. The Hall–Kier alpha value is -3.41. The number of anilines is 1. The molecule has 0 aromatic heterocycles. The number of carbonyl (C=O) groups is 3. The van der Waals surface area contributed by atoms with Gasteiger partial charge in [0, 0.05) is 0 Å². The molecule has 2 aromatic rings. The summed E-state index contributed by atoms with van der Waals surface area (Å²) < 4.78 is 5.65. The lowest BCUT2D eigenvalue weighted by atomic mass is 10.1. The predicted molar refractivity (Wildman–Crippen MR) is 112 cm³/mol. The summed E-state index contributed by atoms with van der Waals surface area (Å²) in [7, 11) is 0.